The van der Waals surface area contributed by atoms with E-state index in [0.717, 1.165) is 0 Å². The number of para-hydroxylation sites is 2. The first-order valence-corrected chi connectivity index (χ1v) is 7.20. The average molecular weight is 422 g/mol. The Bertz CT molecular complexity index is 762. The van der Waals surface area contributed by atoms with Crippen LogP contribution in [0, 0.1) is 0 Å². The molecule has 2 rings (SSSR count). The molecule has 2 aromatic rings. The van der Waals surface area contributed by atoms with Gasteiger partial charge >= 0.3 is 29.0 Å². The Hall–Kier alpha value is -3.16. The van der Waals surface area contributed by atoms with Gasteiger partial charge in [0.05, 0.1) is 11.9 Å². The zero-order valence-corrected chi connectivity index (χ0v) is 15.1. The first-order chi connectivity index (χ1) is 12.2. The molecule has 0 saturated carbocycles. The Kier molecular flexibility index (Phi) is 10.1. The third kappa shape index (κ3) is 8.17. The minimum Gasteiger partial charge on any atom is -0.545 e. The number of esters is 2. The quantitative estimate of drug-likeness (QED) is 0.381. The van der Waals surface area contributed by atoms with Crippen LogP contribution < -0.4 is 19.7 Å². The van der Waals surface area contributed by atoms with Gasteiger partial charge in [-0.1, -0.05) is 24.3 Å². The summed E-state index contributed by atoms with van der Waals surface area (Å²) < 4.78 is 9.29. The van der Waals surface area contributed by atoms with Gasteiger partial charge in [-0.2, -0.15) is 0 Å². The molecule has 8 nitrogen and oxygen atoms in total. The van der Waals surface area contributed by atoms with E-state index >= 15 is 0 Å². The zero-order valence-electron chi connectivity index (χ0n) is 14.2. The summed E-state index contributed by atoms with van der Waals surface area (Å²) in [7, 11) is 0. The van der Waals surface area contributed by atoms with E-state index in [1.807, 2.05) is 0 Å². The summed E-state index contributed by atoms with van der Waals surface area (Å²) in [5, 5.41) is 21.0. The van der Waals surface area contributed by atoms with Crippen LogP contribution in [0.3, 0.4) is 0 Å². The number of rotatable bonds is 4. The number of hydrogen-bond acceptors (Lipinski definition) is 8. The molecule has 0 atom stereocenters. The number of carboxylic acid groups (broad SMARTS) is 2. The van der Waals surface area contributed by atoms with Crippen molar-refractivity contribution in [2.24, 2.45) is 0 Å². The van der Waals surface area contributed by atoms with Crippen molar-refractivity contribution in [2.75, 3.05) is 0 Å². The molecule has 0 aromatic heterocycles. The van der Waals surface area contributed by atoms with Gasteiger partial charge in [0.2, 0.25) is 0 Å². The molecule has 0 amide bonds. The number of carboxylic acids is 2. The minimum absolute atomic E-state index is 0. The van der Waals surface area contributed by atoms with Gasteiger partial charge in [-0.25, -0.2) is 0 Å². The molecule has 0 bridgehead atoms. The summed E-state index contributed by atoms with van der Waals surface area (Å²) in [4.78, 5) is 42.1. The fourth-order valence-corrected chi connectivity index (χ4v) is 1.76. The SMILES string of the molecule is CC(=O)Oc1ccccc1C(=O)[O-].CC(=O)Oc1ccccc1C(=O)[O-].[Cu+2]. The molecule has 2 aromatic carbocycles. The molecule has 0 aliphatic carbocycles. The first-order valence-electron chi connectivity index (χ1n) is 7.20. The number of aromatic carboxylic acids is 2. The summed E-state index contributed by atoms with van der Waals surface area (Å²) in [6.45, 7) is 2.40. The van der Waals surface area contributed by atoms with Crippen molar-refractivity contribution in [3.05, 3.63) is 59.7 Å². The van der Waals surface area contributed by atoms with Crippen LogP contribution in [0.25, 0.3) is 0 Å². The molecule has 145 valence electrons. The van der Waals surface area contributed by atoms with Gasteiger partial charge < -0.3 is 29.3 Å². The Morgan fingerprint density at radius 3 is 1.22 bits per heavy atom. The molecule has 1 radical (unpaired) electrons. The summed E-state index contributed by atoms with van der Waals surface area (Å²) in [5.74, 6) is -3.83. The summed E-state index contributed by atoms with van der Waals surface area (Å²) in [5.41, 5.74) is -0.254. The maximum Gasteiger partial charge on any atom is 2.00 e. The van der Waals surface area contributed by atoms with Crippen LogP contribution in [0.1, 0.15) is 34.6 Å². The predicted molar refractivity (Wildman–Crippen MR) is 84.2 cm³/mol. The van der Waals surface area contributed by atoms with Crippen LogP contribution in [0.5, 0.6) is 11.5 Å². The summed E-state index contributed by atoms with van der Waals surface area (Å²) in [6, 6.07) is 11.6. The van der Waals surface area contributed by atoms with Gasteiger partial charge in [0.15, 0.2) is 0 Å². The second kappa shape index (κ2) is 11.5. The number of carbonyl (C=O) groups is 4. The molecule has 27 heavy (non-hydrogen) atoms. The Labute approximate surface area is 165 Å². The Morgan fingerprint density at radius 2 is 0.963 bits per heavy atom. The molecule has 0 fully saturated rings. The molecule has 0 N–H and O–H groups in total. The third-order valence-corrected chi connectivity index (χ3v) is 2.72. The van der Waals surface area contributed by atoms with Crippen LogP contribution in [0.4, 0.5) is 0 Å². The van der Waals surface area contributed by atoms with Crippen LogP contribution in [-0.4, -0.2) is 23.9 Å². The fraction of sp³-hybridized carbons (Fsp3) is 0.111. The number of hydrogen-bond donors (Lipinski definition) is 0. The largest absolute Gasteiger partial charge is 2.00 e. The Morgan fingerprint density at radius 1 is 0.667 bits per heavy atom. The Balaban J connectivity index is 0.000000483. The maximum atomic E-state index is 10.6. The second-order valence-electron chi connectivity index (χ2n) is 4.75. The first kappa shape index (κ1) is 23.8. The summed E-state index contributed by atoms with van der Waals surface area (Å²) in [6.07, 6.45) is 0. The van der Waals surface area contributed by atoms with Crippen molar-refractivity contribution in [3.63, 3.8) is 0 Å². The summed E-state index contributed by atoms with van der Waals surface area (Å²) >= 11 is 0. The van der Waals surface area contributed by atoms with Gasteiger partial charge in [0.25, 0.3) is 0 Å². The zero-order chi connectivity index (χ0) is 19.7. The standard InChI is InChI=1S/2C9H8O4.Cu/c2*1-6(10)13-8-5-3-2-4-7(8)9(11)12;/h2*2-5H,1H3,(H,11,12);/q;;+2/p-2. The smallest absolute Gasteiger partial charge is 0.545 e. The minimum atomic E-state index is -1.36. The van der Waals surface area contributed by atoms with Crippen LogP contribution in [0.2, 0.25) is 0 Å². The molecule has 0 spiro atoms. The van der Waals surface area contributed by atoms with E-state index in [4.69, 9.17) is 0 Å². The van der Waals surface area contributed by atoms with E-state index in [1.165, 1.54) is 50.2 Å². The van der Waals surface area contributed by atoms with Crippen molar-refractivity contribution in [1.29, 1.82) is 0 Å². The van der Waals surface area contributed by atoms with Crippen molar-refractivity contribution in [2.45, 2.75) is 13.8 Å². The van der Waals surface area contributed by atoms with Gasteiger partial charge in [-0.3, -0.25) is 9.59 Å². The fourth-order valence-electron chi connectivity index (χ4n) is 1.76. The molecule has 0 unspecified atom stereocenters. The normalized spacial score (nSPS) is 8.96. The maximum absolute atomic E-state index is 10.6. The van der Waals surface area contributed by atoms with E-state index in [1.54, 1.807) is 12.1 Å². The van der Waals surface area contributed by atoms with E-state index in [-0.39, 0.29) is 39.7 Å². The van der Waals surface area contributed by atoms with E-state index in [2.05, 4.69) is 9.47 Å². The van der Waals surface area contributed by atoms with Crippen LogP contribution in [0.15, 0.2) is 48.5 Å². The van der Waals surface area contributed by atoms with E-state index < -0.39 is 23.9 Å². The molecule has 0 heterocycles. The second-order valence-corrected chi connectivity index (χ2v) is 4.75. The van der Waals surface area contributed by atoms with E-state index in [0.29, 0.717) is 0 Å². The molecular formula is C18H14CuO8. The molecule has 0 aliphatic rings. The average Bonchev–Trinajstić information content (AvgIpc) is 2.55. The number of benzene rings is 2. The molecule has 9 heteroatoms. The van der Waals surface area contributed by atoms with Gasteiger partial charge in [-0.15, -0.1) is 0 Å². The van der Waals surface area contributed by atoms with Gasteiger partial charge in [0.1, 0.15) is 11.5 Å². The molecular weight excluding hydrogens is 408 g/mol. The van der Waals surface area contributed by atoms with Crippen molar-refractivity contribution in [1.82, 2.24) is 0 Å². The molecule has 0 saturated heterocycles. The topological polar surface area (TPSA) is 133 Å². The van der Waals surface area contributed by atoms with Crippen molar-refractivity contribution < 1.29 is 55.9 Å². The van der Waals surface area contributed by atoms with Crippen molar-refractivity contribution >= 4 is 23.9 Å². The molecule has 0 aliphatic heterocycles. The van der Waals surface area contributed by atoms with Gasteiger partial charge in [0, 0.05) is 25.0 Å². The van der Waals surface area contributed by atoms with Crippen molar-refractivity contribution in [3.8, 4) is 11.5 Å². The van der Waals surface area contributed by atoms with E-state index in [9.17, 15) is 29.4 Å². The number of ether oxygens (including phenoxy) is 2. The monoisotopic (exact) mass is 421 g/mol. The van der Waals surface area contributed by atoms with Gasteiger partial charge in [-0.05, 0) is 24.3 Å². The third-order valence-electron chi connectivity index (χ3n) is 2.72. The number of carbonyl (C=O) groups excluding carboxylic acids is 4. The van der Waals surface area contributed by atoms with Crippen LogP contribution >= 0.6 is 0 Å². The van der Waals surface area contributed by atoms with Crippen LogP contribution in [-0.2, 0) is 26.7 Å². The predicted octanol–water partition coefficient (Wildman–Crippen LogP) is -0.0517.